The normalized spacial score (nSPS) is 24.2. The third kappa shape index (κ3) is 5.75. The Morgan fingerprint density at radius 1 is 0.969 bits per heavy atom. The molecule has 0 saturated carbocycles. The maximum atomic E-state index is 14.1. The summed E-state index contributed by atoms with van der Waals surface area (Å²) in [5.74, 6) is -0.323. The van der Waals surface area contributed by atoms with Gasteiger partial charge >= 0.3 is 0 Å². The van der Waals surface area contributed by atoms with Gasteiger partial charge in [0.1, 0.15) is 29.6 Å². The Morgan fingerprint density at radius 2 is 1.75 bits per heavy atom. The average molecular weight is 449 g/mol. The van der Waals surface area contributed by atoms with Crippen LogP contribution in [0.5, 0.6) is 5.75 Å². The van der Waals surface area contributed by atoms with Gasteiger partial charge in [-0.15, -0.1) is 0 Å². The fourth-order valence-electron chi connectivity index (χ4n) is 4.44. The van der Waals surface area contributed by atoms with Crippen LogP contribution < -0.4 is 9.64 Å². The van der Waals surface area contributed by atoms with Crippen LogP contribution >= 0.6 is 0 Å². The van der Waals surface area contributed by atoms with E-state index in [0.29, 0.717) is 57.1 Å². The van der Waals surface area contributed by atoms with Gasteiger partial charge in [-0.05, 0) is 37.1 Å². The molecule has 0 radical (unpaired) electrons. The topological polar surface area (TPSA) is 65.4 Å². The van der Waals surface area contributed by atoms with Crippen molar-refractivity contribution >= 4 is 5.69 Å². The van der Waals surface area contributed by atoms with Crippen molar-refractivity contribution in [2.45, 2.75) is 24.0 Å². The zero-order valence-corrected chi connectivity index (χ0v) is 18.1. The number of piperidine rings is 1. The molecular weight excluding hydrogens is 418 g/mol. The minimum Gasteiger partial charge on any atom is -0.490 e. The van der Waals surface area contributed by atoms with E-state index >= 15 is 0 Å². The number of aliphatic hydroxyl groups is 2. The number of halogens is 2. The zero-order chi connectivity index (χ0) is 22.6. The van der Waals surface area contributed by atoms with Gasteiger partial charge in [0, 0.05) is 38.8 Å². The molecule has 6 nitrogen and oxygen atoms in total. The summed E-state index contributed by atoms with van der Waals surface area (Å²) < 4.78 is 38.7. The molecule has 32 heavy (non-hydrogen) atoms. The van der Waals surface area contributed by atoms with E-state index in [1.165, 1.54) is 18.2 Å². The van der Waals surface area contributed by atoms with Crippen molar-refractivity contribution in [1.82, 2.24) is 4.90 Å². The number of anilines is 1. The predicted octanol–water partition coefficient (Wildman–Crippen LogP) is 2.44. The largest absolute Gasteiger partial charge is 0.490 e. The molecule has 1 atom stereocenters. The van der Waals surface area contributed by atoms with Crippen LogP contribution in [0.2, 0.25) is 0 Å². The molecule has 2 N–H and O–H groups in total. The molecule has 174 valence electrons. The summed E-state index contributed by atoms with van der Waals surface area (Å²) in [7, 11) is 0. The maximum absolute atomic E-state index is 14.1. The Hall–Kier alpha value is -2.26. The summed E-state index contributed by atoms with van der Waals surface area (Å²) in [6, 6.07) is 12.5. The highest BCUT2D eigenvalue weighted by atomic mass is 19.1. The number of hydrogen-bond acceptors (Lipinski definition) is 6. The minimum absolute atomic E-state index is 0.0492. The lowest BCUT2D eigenvalue weighted by molar-refractivity contribution is -0.0743. The van der Waals surface area contributed by atoms with E-state index in [9.17, 15) is 19.0 Å². The summed E-state index contributed by atoms with van der Waals surface area (Å²) in [5, 5.41) is 22.3. The lowest BCUT2D eigenvalue weighted by Crippen LogP contribution is -2.55. The first kappa shape index (κ1) is 22.9. The molecule has 8 heteroatoms. The second-order valence-corrected chi connectivity index (χ2v) is 8.90. The SMILES string of the molecule is OC1(CN2CCOC[C@@](O)(COc3cccc(F)c3)C2)CCN(c2ccccc2F)CC1. The molecule has 2 aromatic rings. The predicted molar refractivity (Wildman–Crippen MR) is 117 cm³/mol. The summed E-state index contributed by atoms with van der Waals surface area (Å²) in [6.07, 6.45) is 0.994. The number of hydrogen-bond donors (Lipinski definition) is 2. The van der Waals surface area contributed by atoms with Crippen LogP contribution in [0, 0.1) is 11.6 Å². The second kappa shape index (κ2) is 9.70. The van der Waals surface area contributed by atoms with E-state index in [0.717, 1.165) is 0 Å². The Morgan fingerprint density at radius 3 is 2.50 bits per heavy atom. The van der Waals surface area contributed by atoms with Crippen LogP contribution in [-0.4, -0.2) is 78.9 Å². The first-order valence-corrected chi connectivity index (χ1v) is 11.0. The number of nitrogens with zero attached hydrogens (tertiary/aromatic N) is 2. The van der Waals surface area contributed by atoms with Crippen molar-refractivity contribution in [3.63, 3.8) is 0 Å². The monoisotopic (exact) mass is 448 g/mol. The second-order valence-electron chi connectivity index (χ2n) is 8.90. The maximum Gasteiger partial charge on any atom is 0.146 e. The molecule has 0 bridgehead atoms. The number of β-amino-alcohol motifs (C(OH)–C–C–N with tert-alkyl or cyclic N) is 2. The van der Waals surface area contributed by atoms with Gasteiger partial charge in [-0.3, -0.25) is 4.90 Å². The molecule has 0 unspecified atom stereocenters. The van der Waals surface area contributed by atoms with Crippen LogP contribution in [0.4, 0.5) is 14.5 Å². The molecule has 0 amide bonds. The molecule has 2 saturated heterocycles. The third-order valence-electron chi connectivity index (χ3n) is 6.15. The molecule has 0 aromatic heterocycles. The van der Waals surface area contributed by atoms with Crippen LogP contribution in [0.1, 0.15) is 12.8 Å². The van der Waals surface area contributed by atoms with Crippen molar-refractivity contribution < 1.29 is 28.5 Å². The molecule has 0 spiro atoms. The van der Waals surface area contributed by atoms with Crippen molar-refractivity contribution in [2.75, 3.05) is 57.4 Å². The average Bonchev–Trinajstić information content (AvgIpc) is 2.95. The summed E-state index contributed by atoms with van der Waals surface area (Å²) >= 11 is 0. The van der Waals surface area contributed by atoms with E-state index in [2.05, 4.69) is 0 Å². The Bertz CT molecular complexity index is 907. The third-order valence-corrected chi connectivity index (χ3v) is 6.15. The van der Waals surface area contributed by atoms with Gasteiger partial charge in [-0.25, -0.2) is 8.78 Å². The molecule has 0 aliphatic carbocycles. The minimum atomic E-state index is -1.28. The Kier molecular flexibility index (Phi) is 6.95. The van der Waals surface area contributed by atoms with Gasteiger partial charge in [-0.2, -0.15) is 0 Å². The standard InChI is InChI=1S/C24H30F2N2O4/c25-19-4-3-5-20(14-19)32-18-24(30)16-27(12-13-31-17-24)15-23(29)8-10-28(11-9-23)22-7-2-1-6-21(22)26/h1-7,14,29-30H,8-13,15-18H2/t24-/m1/s1. The van der Waals surface area contributed by atoms with Gasteiger partial charge < -0.3 is 24.6 Å². The number of para-hydroxylation sites is 1. The molecule has 2 fully saturated rings. The fraction of sp³-hybridized carbons (Fsp3) is 0.500. The van der Waals surface area contributed by atoms with Crippen LogP contribution in [0.15, 0.2) is 48.5 Å². The molecule has 2 aromatic carbocycles. The number of rotatable bonds is 6. The summed E-state index contributed by atoms with van der Waals surface area (Å²) in [5.41, 5.74) is -1.66. The van der Waals surface area contributed by atoms with E-state index in [4.69, 9.17) is 9.47 Å². The van der Waals surface area contributed by atoms with Crippen LogP contribution in [-0.2, 0) is 4.74 Å². The quantitative estimate of drug-likeness (QED) is 0.708. The van der Waals surface area contributed by atoms with Crippen LogP contribution in [0.3, 0.4) is 0 Å². The Balaban J connectivity index is 1.34. The first-order chi connectivity index (χ1) is 15.3. The zero-order valence-electron chi connectivity index (χ0n) is 18.1. The fourth-order valence-corrected chi connectivity index (χ4v) is 4.44. The van der Waals surface area contributed by atoms with E-state index < -0.39 is 17.0 Å². The molecule has 2 aliphatic rings. The highest BCUT2D eigenvalue weighted by Gasteiger charge is 2.39. The first-order valence-electron chi connectivity index (χ1n) is 11.0. The van der Waals surface area contributed by atoms with Crippen molar-refractivity contribution in [3.8, 4) is 5.75 Å². The smallest absolute Gasteiger partial charge is 0.146 e. The van der Waals surface area contributed by atoms with Gasteiger partial charge in [0.2, 0.25) is 0 Å². The Labute approximate surface area is 187 Å². The summed E-state index contributed by atoms with van der Waals surface area (Å²) in [6.45, 7) is 2.79. The molecule has 2 aliphatic heterocycles. The van der Waals surface area contributed by atoms with Crippen molar-refractivity contribution in [2.24, 2.45) is 0 Å². The lowest BCUT2D eigenvalue weighted by Gasteiger charge is -2.42. The van der Waals surface area contributed by atoms with E-state index in [1.807, 2.05) is 15.9 Å². The van der Waals surface area contributed by atoms with Gasteiger partial charge in [0.25, 0.3) is 0 Å². The van der Waals surface area contributed by atoms with Crippen molar-refractivity contribution in [3.05, 3.63) is 60.2 Å². The lowest BCUT2D eigenvalue weighted by atomic mass is 9.90. The van der Waals surface area contributed by atoms with Crippen molar-refractivity contribution in [1.29, 1.82) is 0 Å². The van der Waals surface area contributed by atoms with Crippen LogP contribution in [0.25, 0.3) is 0 Å². The number of ether oxygens (including phenoxy) is 2. The number of benzene rings is 2. The summed E-state index contributed by atoms with van der Waals surface area (Å²) in [4.78, 5) is 3.94. The highest BCUT2D eigenvalue weighted by Crippen LogP contribution is 2.29. The molecular formula is C24H30F2N2O4. The van der Waals surface area contributed by atoms with Gasteiger partial charge in [0.15, 0.2) is 0 Å². The highest BCUT2D eigenvalue weighted by molar-refractivity contribution is 5.48. The molecule has 2 heterocycles. The van der Waals surface area contributed by atoms with Gasteiger partial charge in [-0.1, -0.05) is 18.2 Å². The van der Waals surface area contributed by atoms with Gasteiger partial charge in [0.05, 0.1) is 24.5 Å². The molecule has 4 rings (SSSR count). The van der Waals surface area contributed by atoms with E-state index in [1.54, 1.807) is 24.3 Å². The van der Waals surface area contributed by atoms with E-state index in [-0.39, 0.29) is 25.6 Å².